The average molecular weight is 354 g/mol. The molecule has 2 heterocycles. The number of halogens is 1. The normalized spacial score (nSPS) is 15.9. The van der Waals surface area contributed by atoms with Crippen molar-refractivity contribution in [3.63, 3.8) is 0 Å². The van der Waals surface area contributed by atoms with Crippen molar-refractivity contribution in [2.75, 3.05) is 0 Å². The van der Waals surface area contributed by atoms with E-state index in [4.69, 9.17) is 0 Å². The third kappa shape index (κ3) is 2.86. The van der Waals surface area contributed by atoms with E-state index in [9.17, 15) is 4.79 Å². The summed E-state index contributed by atoms with van der Waals surface area (Å²) in [6, 6.07) is 0. The van der Waals surface area contributed by atoms with Crippen LogP contribution in [-0.4, -0.2) is 15.0 Å². The zero-order valence-electron chi connectivity index (χ0n) is 11.3. The summed E-state index contributed by atoms with van der Waals surface area (Å²) in [5.74, 6) is 1.14. The molecule has 0 spiro atoms. The molecule has 0 radical (unpaired) electrons. The molecule has 4 nitrogen and oxygen atoms in total. The highest BCUT2D eigenvalue weighted by molar-refractivity contribution is 9.10. The van der Waals surface area contributed by atoms with Gasteiger partial charge in [0, 0.05) is 17.0 Å². The lowest BCUT2D eigenvalue weighted by atomic mass is 10.0. The largest absolute Gasteiger partial charge is 0.309 e. The monoisotopic (exact) mass is 353 g/mol. The Morgan fingerprint density at radius 3 is 2.80 bits per heavy atom. The third-order valence-corrected chi connectivity index (χ3v) is 5.40. The van der Waals surface area contributed by atoms with E-state index >= 15 is 0 Å². The third-order valence-electron chi connectivity index (χ3n) is 3.66. The molecule has 1 fully saturated rings. The average Bonchev–Trinajstić information content (AvgIpc) is 3.05. The van der Waals surface area contributed by atoms with Crippen LogP contribution in [0.5, 0.6) is 0 Å². The van der Waals surface area contributed by atoms with Crippen LogP contribution >= 0.6 is 27.3 Å². The molecule has 2 aromatic heterocycles. The zero-order chi connectivity index (χ0) is 14.1. The smallest absolute Gasteiger partial charge is 0.265 e. The van der Waals surface area contributed by atoms with Crippen molar-refractivity contribution in [1.29, 1.82) is 0 Å². The highest BCUT2D eigenvalue weighted by atomic mass is 79.9. The van der Waals surface area contributed by atoms with Crippen molar-refractivity contribution < 1.29 is 0 Å². The predicted molar refractivity (Wildman–Crippen MR) is 83.4 cm³/mol. The zero-order valence-corrected chi connectivity index (χ0v) is 13.7. The second-order valence-electron chi connectivity index (χ2n) is 5.25. The Kier molecular flexibility index (Phi) is 4.03. The van der Waals surface area contributed by atoms with Crippen molar-refractivity contribution in [3.05, 3.63) is 42.4 Å². The summed E-state index contributed by atoms with van der Waals surface area (Å²) in [4.78, 5) is 24.0. The number of H-pyrrole nitrogens is 1. The molecule has 0 saturated heterocycles. The second-order valence-corrected chi connectivity index (χ2v) is 6.99. The van der Waals surface area contributed by atoms with Crippen LogP contribution in [0, 0.1) is 6.92 Å². The molecule has 106 valence electrons. The molecular formula is C14H16BrN3OS. The summed E-state index contributed by atoms with van der Waals surface area (Å²) < 4.78 is 0.600. The molecule has 1 aliphatic rings. The fraction of sp³-hybridized carbons (Fsp3) is 0.500. The minimum absolute atomic E-state index is 0.0785. The van der Waals surface area contributed by atoms with Crippen molar-refractivity contribution in [1.82, 2.24) is 15.0 Å². The van der Waals surface area contributed by atoms with Crippen molar-refractivity contribution >= 4 is 27.3 Å². The Hall–Kier alpha value is -1.01. The van der Waals surface area contributed by atoms with E-state index in [0.29, 0.717) is 16.8 Å². The lowest BCUT2D eigenvalue weighted by Gasteiger charge is -2.11. The molecule has 6 heteroatoms. The van der Waals surface area contributed by atoms with E-state index in [-0.39, 0.29) is 5.56 Å². The summed E-state index contributed by atoms with van der Waals surface area (Å²) in [7, 11) is 0. The SMILES string of the molecule is Cc1csc(Cc2nc(C3CCCC3)c(Br)c(=O)[nH]2)n1. The first-order chi connectivity index (χ1) is 9.63. The van der Waals surface area contributed by atoms with Gasteiger partial charge < -0.3 is 4.98 Å². The van der Waals surface area contributed by atoms with E-state index in [1.807, 2.05) is 12.3 Å². The summed E-state index contributed by atoms with van der Waals surface area (Å²) in [6.07, 6.45) is 5.32. The van der Waals surface area contributed by atoms with Gasteiger partial charge >= 0.3 is 0 Å². The predicted octanol–water partition coefficient (Wildman–Crippen LogP) is 3.55. The molecule has 1 aliphatic carbocycles. The molecule has 0 aromatic carbocycles. The summed E-state index contributed by atoms with van der Waals surface area (Å²) >= 11 is 5.00. The Morgan fingerprint density at radius 2 is 2.15 bits per heavy atom. The van der Waals surface area contributed by atoms with Gasteiger partial charge in [-0.2, -0.15) is 0 Å². The first-order valence-corrected chi connectivity index (χ1v) is 8.50. The quantitative estimate of drug-likeness (QED) is 0.917. The molecule has 3 rings (SSSR count). The van der Waals surface area contributed by atoms with E-state index in [1.165, 1.54) is 12.8 Å². The van der Waals surface area contributed by atoms with Crippen LogP contribution in [0.4, 0.5) is 0 Å². The van der Waals surface area contributed by atoms with Crippen molar-refractivity contribution in [3.8, 4) is 0 Å². The highest BCUT2D eigenvalue weighted by Gasteiger charge is 2.23. The molecule has 0 bridgehead atoms. The van der Waals surface area contributed by atoms with Gasteiger partial charge in [-0.15, -0.1) is 11.3 Å². The fourth-order valence-corrected chi connectivity index (χ4v) is 3.99. The minimum Gasteiger partial charge on any atom is -0.309 e. The number of thiazole rings is 1. The van der Waals surface area contributed by atoms with Crippen LogP contribution in [0.15, 0.2) is 14.6 Å². The van der Waals surface area contributed by atoms with Gasteiger partial charge in [0.05, 0.1) is 12.1 Å². The van der Waals surface area contributed by atoms with Gasteiger partial charge in [-0.1, -0.05) is 12.8 Å². The Bertz CT molecular complexity index is 673. The maximum absolute atomic E-state index is 12.1. The number of aryl methyl sites for hydroxylation is 1. The molecule has 0 atom stereocenters. The molecule has 1 N–H and O–H groups in total. The van der Waals surface area contributed by atoms with Gasteiger partial charge in [-0.25, -0.2) is 9.97 Å². The lowest BCUT2D eigenvalue weighted by Crippen LogP contribution is -2.17. The maximum Gasteiger partial charge on any atom is 0.265 e. The molecule has 1 saturated carbocycles. The molecule has 2 aromatic rings. The molecular weight excluding hydrogens is 338 g/mol. The van der Waals surface area contributed by atoms with Gasteiger partial charge in [0.2, 0.25) is 0 Å². The molecule has 0 aliphatic heterocycles. The van der Waals surface area contributed by atoms with E-state index in [1.54, 1.807) is 11.3 Å². The van der Waals surface area contributed by atoms with E-state index in [2.05, 4.69) is 30.9 Å². The number of hydrogen-bond donors (Lipinski definition) is 1. The topological polar surface area (TPSA) is 58.6 Å². The Balaban J connectivity index is 1.93. The van der Waals surface area contributed by atoms with Crippen molar-refractivity contribution in [2.45, 2.75) is 44.9 Å². The van der Waals surface area contributed by atoms with Crippen LogP contribution in [-0.2, 0) is 6.42 Å². The first kappa shape index (κ1) is 13.9. The number of nitrogens with one attached hydrogen (secondary N) is 1. The van der Waals surface area contributed by atoms with Gasteiger partial charge in [0.25, 0.3) is 5.56 Å². The lowest BCUT2D eigenvalue weighted by molar-refractivity contribution is 0.677. The van der Waals surface area contributed by atoms with Crippen LogP contribution in [0.3, 0.4) is 0 Å². The first-order valence-electron chi connectivity index (χ1n) is 6.83. The molecule has 0 amide bonds. The van der Waals surface area contributed by atoms with Crippen LogP contribution < -0.4 is 5.56 Å². The summed E-state index contributed by atoms with van der Waals surface area (Å²) in [6.45, 7) is 1.97. The Labute approximate surface area is 129 Å². The Morgan fingerprint density at radius 1 is 1.40 bits per heavy atom. The van der Waals surface area contributed by atoms with Crippen LogP contribution in [0.1, 0.15) is 53.8 Å². The number of rotatable bonds is 3. The van der Waals surface area contributed by atoms with E-state index in [0.717, 1.165) is 35.1 Å². The number of nitrogens with zero attached hydrogens (tertiary/aromatic N) is 2. The van der Waals surface area contributed by atoms with Crippen LogP contribution in [0.2, 0.25) is 0 Å². The summed E-state index contributed by atoms with van der Waals surface area (Å²) in [5.41, 5.74) is 1.86. The summed E-state index contributed by atoms with van der Waals surface area (Å²) in [5, 5.41) is 3.01. The number of aromatic amines is 1. The standard InChI is InChI=1S/C14H16BrN3OS/c1-8-7-20-11(16-8)6-10-17-13(9-4-2-3-5-9)12(15)14(19)18-10/h7,9H,2-6H2,1H3,(H,17,18,19). The van der Waals surface area contributed by atoms with Gasteiger partial charge in [0.1, 0.15) is 15.3 Å². The highest BCUT2D eigenvalue weighted by Crippen LogP contribution is 2.35. The number of hydrogen-bond acceptors (Lipinski definition) is 4. The minimum atomic E-state index is -0.0785. The molecule has 20 heavy (non-hydrogen) atoms. The van der Waals surface area contributed by atoms with Crippen LogP contribution in [0.25, 0.3) is 0 Å². The van der Waals surface area contributed by atoms with E-state index < -0.39 is 0 Å². The second kappa shape index (κ2) is 5.77. The molecule has 0 unspecified atom stereocenters. The maximum atomic E-state index is 12.1. The van der Waals surface area contributed by atoms with Gasteiger partial charge in [0.15, 0.2) is 0 Å². The fourth-order valence-electron chi connectivity index (χ4n) is 2.71. The number of aromatic nitrogens is 3. The van der Waals surface area contributed by atoms with Gasteiger partial charge in [-0.3, -0.25) is 4.79 Å². The van der Waals surface area contributed by atoms with Gasteiger partial charge in [-0.05, 0) is 35.7 Å². The van der Waals surface area contributed by atoms with Crippen molar-refractivity contribution in [2.24, 2.45) is 0 Å².